The molecule has 0 atom stereocenters. The summed E-state index contributed by atoms with van der Waals surface area (Å²) in [5.41, 5.74) is 8.74. The van der Waals surface area contributed by atoms with Gasteiger partial charge in [0.1, 0.15) is 0 Å². The van der Waals surface area contributed by atoms with Gasteiger partial charge in [-0.25, -0.2) is 0 Å². The van der Waals surface area contributed by atoms with Crippen molar-refractivity contribution >= 4 is 46.7 Å². The third-order valence-corrected chi connectivity index (χ3v) is 10.5. The second kappa shape index (κ2) is 8.29. The monoisotopic (exact) mass is 444 g/mol. The molecule has 2 N–H and O–H groups in total. The Morgan fingerprint density at radius 1 is 1.09 bits per heavy atom. The van der Waals surface area contributed by atoms with Crippen LogP contribution in [-0.4, -0.2) is 54.9 Å². The van der Waals surface area contributed by atoms with Crippen molar-refractivity contribution in [1.82, 2.24) is 0 Å². The standard InChI is InChI=1S/C17H20N2PSe2/c1-19(14-8-11-15-9-4-2-5-10-15)17(18)20(21,22)16-12-6-3-7-13-16/h2-7,9-10,12-13,18H,8,11,14H2,1H3/p+1. The number of hydrogen-bond donors (Lipinski definition) is 1. The predicted octanol–water partition coefficient (Wildman–Crippen LogP) is 2.09. The zero-order valence-corrected chi connectivity index (χ0v) is 17.0. The molecule has 1 radical (unpaired) electrons. The molecule has 0 heterocycles. The van der Waals surface area contributed by atoms with Crippen molar-refractivity contribution in [2.24, 2.45) is 5.73 Å². The van der Waals surface area contributed by atoms with Crippen molar-refractivity contribution in [2.45, 2.75) is 12.8 Å². The Hall–Kier alpha value is -0.621. The third kappa shape index (κ3) is 4.69. The van der Waals surface area contributed by atoms with Crippen LogP contribution in [0.1, 0.15) is 12.0 Å². The van der Waals surface area contributed by atoms with Gasteiger partial charge in [0.2, 0.25) is 0 Å². The summed E-state index contributed by atoms with van der Waals surface area (Å²) in [6.45, 7) is 0.957. The van der Waals surface area contributed by atoms with Gasteiger partial charge in [-0.3, -0.25) is 0 Å². The van der Waals surface area contributed by atoms with Gasteiger partial charge in [0.15, 0.2) is 0 Å². The Kier molecular flexibility index (Phi) is 6.68. The molecule has 115 valence electrons. The van der Waals surface area contributed by atoms with Crippen molar-refractivity contribution in [1.29, 1.82) is 0 Å². The molecule has 0 unspecified atom stereocenters. The van der Waals surface area contributed by atoms with Crippen LogP contribution in [0.4, 0.5) is 0 Å². The Bertz CT molecular complexity index is 628. The van der Waals surface area contributed by atoms with E-state index in [0.29, 0.717) is 0 Å². The van der Waals surface area contributed by atoms with Crippen LogP contribution in [0.15, 0.2) is 60.7 Å². The molecule has 22 heavy (non-hydrogen) atoms. The van der Waals surface area contributed by atoms with Crippen molar-refractivity contribution in [3.05, 3.63) is 66.2 Å². The third-order valence-electron chi connectivity index (χ3n) is 3.59. The van der Waals surface area contributed by atoms with Crippen molar-refractivity contribution in [2.75, 3.05) is 13.6 Å². The van der Waals surface area contributed by atoms with E-state index in [1.807, 2.05) is 6.07 Å². The molecule has 2 aromatic carbocycles. The molecule has 0 aliphatic rings. The van der Waals surface area contributed by atoms with E-state index in [2.05, 4.69) is 97.4 Å². The molecule has 2 rings (SSSR count). The quantitative estimate of drug-likeness (QED) is 0.240. The normalized spacial score (nSPS) is 15.0. The average Bonchev–Trinajstić information content (AvgIpc) is 2.55. The molecule has 0 amide bonds. The first kappa shape index (κ1) is 17.7. The van der Waals surface area contributed by atoms with Crippen LogP contribution in [0, 0.1) is 0 Å². The van der Waals surface area contributed by atoms with Gasteiger partial charge in [-0.15, -0.1) is 0 Å². The van der Waals surface area contributed by atoms with Crippen LogP contribution in [0.3, 0.4) is 0 Å². The first-order valence-electron chi connectivity index (χ1n) is 7.26. The Balaban J connectivity index is 2.02. The Morgan fingerprint density at radius 2 is 1.64 bits per heavy atom. The van der Waals surface area contributed by atoms with Gasteiger partial charge in [0.05, 0.1) is 0 Å². The summed E-state index contributed by atoms with van der Waals surface area (Å²) in [5, 5.41) is 1.25. The minimum absolute atomic E-state index is 0.923. The zero-order valence-electron chi connectivity index (χ0n) is 12.7. The molecule has 0 aromatic heterocycles. The summed E-state index contributed by atoms with van der Waals surface area (Å²) < 4.78 is 0.493. The van der Waals surface area contributed by atoms with Gasteiger partial charge in [0, 0.05) is 0 Å². The van der Waals surface area contributed by atoms with E-state index < -0.39 is 4.64 Å². The van der Waals surface area contributed by atoms with Crippen molar-refractivity contribution in [3.8, 4) is 0 Å². The maximum atomic E-state index is 6.44. The molecule has 0 aliphatic heterocycles. The van der Waals surface area contributed by atoms with Crippen molar-refractivity contribution < 1.29 is 4.58 Å². The SMILES string of the molecule is C[N+](CCCc1ccccc1)=C(N)[P+]([Se])([Se-])c1ccccc1. The summed E-state index contributed by atoms with van der Waals surface area (Å²) in [4.78, 5) is 0. The number of aryl methyl sites for hydroxylation is 1. The van der Waals surface area contributed by atoms with Crippen molar-refractivity contribution in [3.63, 3.8) is 0 Å². The molecule has 2 aromatic rings. The Labute approximate surface area is 149 Å². The summed E-state index contributed by atoms with van der Waals surface area (Å²) in [5.74, 6) is 0. The van der Waals surface area contributed by atoms with Gasteiger partial charge in [-0.05, 0) is 0 Å². The number of rotatable bonds is 6. The number of nitrogens with zero attached hydrogens (tertiary/aromatic N) is 1. The van der Waals surface area contributed by atoms with Gasteiger partial charge < -0.3 is 0 Å². The van der Waals surface area contributed by atoms with E-state index in [9.17, 15) is 0 Å². The molecule has 0 saturated heterocycles. The average molecular weight is 442 g/mol. The molecule has 0 fully saturated rings. The van der Waals surface area contributed by atoms with Crippen LogP contribution < -0.4 is 11.0 Å². The van der Waals surface area contributed by atoms with E-state index in [1.165, 1.54) is 10.9 Å². The number of nitrogens with two attached hydrogens (primary N) is 1. The van der Waals surface area contributed by atoms with Crippen LogP contribution in [0.5, 0.6) is 0 Å². The van der Waals surface area contributed by atoms with E-state index in [0.717, 1.165) is 25.0 Å². The van der Waals surface area contributed by atoms with E-state index in [-0.39, 0.29) is 0 Å². The van der Waals surface area contributed by atoms with Crippen LogP contribution >= 0.6 is 4.64 Å². The molecular weight excluding hydrogens is 421 g/mol. The molecule has 5 heteroatoms. The molecule has 2 nitrogen and oxygen atoms in total. The molecular formula is C17H21N2PSe2+. The fourth-order valence-electron chi connectivity index (χ4n) is 2.26. The Morgan fingerprint density at radius 3 is 2.23 bits per heavy atom. The first-order chi connectivity index (χ1) is 10.5. The topological polar surface area (TPSA) is 29.0 Å². The fourth-order valence-corrected chi connectivity index (χ4v) is 6.93. The second-order valence-electron chi connectivity index (χ2n) is 5.26. The summed E-state index contributed by atoms with van der Waals surface area (Å²) >= 11 is 6.62. The number of hydrogen-bond acceptors (Lipinski definition) is 0. The maximum absolute atomic E-state index is 6.44. The van der Waals surface area contributed by atoms with Gasteiger partial charge in [0.25, 0.3) is 0 Å². The summed E-state index contributed by atoms with van der Waals surface area (Å²) in [6.07, 6.45) is 2.17. The second-order valence-corrected chi connectivity index (χ2v) is 17.7. The minimum atomic E-state index is -1.68. The number of benzene rings is 2. The van der Waals surface area contributed by atoms with Crippen LogP contribution in [0.2, 0.25) is 0 Å². The summed E-state index contributed by atoms with van der Waals surface area (Å²) in [6, 6.07) is 21.0. The summed E-state index contributed by atoms with van der Waals surface area (Å²) in [7, 11) is 2.08. The van der Waals surface area contributed by atoms with Crippen LogP contribution in [0.25, 0.3) is 0 Å². The zero-order chi connectivity index (χ0) is 16.0. The van der Waals surface area contributed by atoms with E-state index in [1.54, 1.807) is 0 Å². The van der Waals surface area contributed by atoms with Gasteiger partial charge >= 0.3 is 150 Å². The van der Waals surface area contributed by atoms with Crippen LogP contribution in [-0.2, 0) is 6.42 Å². The van der Waals surface area contributed by atoms with E-state index >= 15 is 0 Å². The molecule has 0 saturated carbocycles. The van der Waals surface area contributed by atoms with Gasteiger partial charge in [-0.1, -0.05) is 0 Å². The number of amidine groups is 1. The fraction of sp³-hybridized carbons (Fsp3) is 0.235. The first-order valence-corrected chi connectivity index (χ1v) is 13.5. The predicted molar refractivity (Wildman–Crippen MR) is 99.5 cm³/mol. The molecule has 0 bridgehead atoms. The van der Waals surface area contributed by atoms with Gasteiger partial charge in [-0.2, -0.15) is 0 Å². The molecule has 0 spiro atoms. The molecule has 0 aliphatic carbocycles. The van der Waals surface area contributed by atoms with E-state index in [4.69, 9.17) is 5.73 Å².